The van der Waals surface area contributed by atoms with Crippen LogP contribution in [0.15, 0.2) is 30.3 Å². The molecule has 26 heavy (non-hydrogen) atoms. The molecular formula is C21H27NO4. The minimum Gasteiger partial charge on any atom is -0.455 e. The predicted molar refractivity (Wildman–Crippen MR) is 96.2 cm³/mol. The van der Waals surface area contributed by atoms with Crippen LogP contribution in [0.3, 0.4) is 0 Å². The van der Waals surface area contributed by atoms with Crippen LogP contribution in [0.4, 0.5) is 0 Å². The van der Waals surface area contributed by atoms with Crippen LogP contribution in [-0.2, 0) is 20.7 Å². The average molecular weight is 357 g/mol. The van der Waals surface area contributed by atoms with E-state index < -0.39 is 11.0 Å². The Morgan fingerprint density at radius 1 is 1.12 bits per heavy atom. The van der Waals surface area contributed by atoms with Crippen LogP contribution in [0.25, 0.3) is 0 Å². The first-order chi connectivity index (χ1) is 12.5. The number of carbonyl (C=O) groups excluding carboxylic acids is 2. The molecule has 0 aromatic heterocycles. The molecule has 4 bridgehead atoms. The second-order valence-corrected chi connectivity index (χ2v) is 8.63. The monoisotopic (exact) mass is 357 g/mol. The van der Waals surface area contributed by atoms with Gasteiger partial charge in [0.05, 0.1) is 11.0 Å². The van der Waals surface area contributed by atoms with E-state index >= 15 is 0 Å². The number of hydrogen-bond acceptors (Lipinski definition) is 4. The Hall–Kier alpha value is -1.88. The van der Waals surface area contributed by atoms with Crippen molar-refractivity contribution in [2.45, 2.75) is 50.5 Å². The van der Waals surface area contributed by atoms with Crippen LogP contribution < -0.4 is 5.32 Å². The van der Waals surface area contributed by atoms with Crippen LogP contribution in [-0.4, -0.2) is 35.7 Å². The van der Waals surface area contributed by atoms with E-state index in [0.29, 0.717) is 24.8 Å². The Kier molecular flexibility index (Phi) is 4.51. The lowest BCUT2D eigenvalue weighted by molar-refractivity contribution is -0.196. The molecule has 5 heteroatoms. The van der Waals surface area contributed by atoms with E-state index in [2.05, 4.69) is 5.32 Å². The number of carbonyl (C=O) groups is 2. The molecular weight excluding hydrogens is 330 g/mol. The highest BCUT2D eigenvalue weighted by Gasteiger charge is 2.60. The Bertz CT molecular complexity index is 673. The van der Waals surface area contributed by atoms with E-state index in [0.717, 1.165) is 44.1 Å². The fourth-order valence-corrected chi connectivity index (χ4v) is 5.78. The van der Waals surface area contributed by atoms with E-state index in [-0.39, 0.29) is 18.5 Å². The maximum Gasteiger partial charge on any atom is 0.312 e. The van der Waals surface area contributed by atoms with Gasteiger partial charge in [-0.25, -0.2) is 0 Å². The molecule has 4 saturated carbocycles. The van der Waals surface area contributed by atoms with Crippen molar-refractivity contribution < 1.29 is 19.4 Å². The van der Waals surface area contributed by atoms with Crippen LogP contribution >= 0.6 is 0 Å². The molecule has 0 heterocycles. The summed E-state index contributed by atoms with van der Waals surface area (Å²) in [7, 11) is 0. The van der Waals surface area contributed by atoms with E-state index in [1.165, 1.54) is 0 Å². The number of rotatable bonds is 6. The molecule has 0 aliphatic heterocycles. The zero-order chi connectivity index (χ0) is 18.2. The summed E-state index contributed by atoms with van der Waals surface area (Å²) in [4.78, 5) is 24.7. The van der Waals surface area contributed by atoms with Gasteiger partial charge in [-0.15, -0.1) is 0 Å². The largest absolute Gasteiger partial charge is 0.455 e. The fraction of sp³-hybridized carbons (Fsp3) is 0.619. The second kappa shape index (κ2) is 6.69. The van der Waals surface area contributed by atoms with Crippen LogP contribution in [0, 0.1) is 17.3 Å². The van der Waals surface area contributed by atoms with Gasteiger partial charge < -0.3 is 15.2 Å². The molecule has 4 fully saturated rings. The van der Waals surface area contributed by atoms with Gasteiger partial charge in [-0.3, -0.25) is 9.59 Å². The lowest BCUT2D eigenvalue weighted by Gasteiger charge is -2.58. The summed E-state index contributed by atoms with van der Waals surface area (Å²) >= 11 is 0. The SMILES string of the molecule is O=C(COC(=O)C12C[C@@H]3C[C@@H](CC(O)(C3)C1)C2)NCCc1ccccc1. The standard InChI is InChI=1S/C21H27NO4/c23-18(22-7-6-15-4-2-1-3-5-15)13-26-19(24)20-9-16-8-17(10-20)12-21(25,11-16)14-20/h1-5,16-17,25H,6-14H2,(H,22,23)/t16-,17+,20?,21?. The zero-order valence-electron chi connectivity index (χ0n) is 15.1. The number of ether oxygens (including phenoxy) is 1. The summed E-state index contributed by atoms with van der Waals surface area (Å²) in [6.45, 7) is 0.290. The van der Waals surface area contributed by atoms with Gasteiger partial charge in [0, 0.05) is 6.54 Å². The average Bonchev–Trinajstić information content (AvgIpc) is 2.58. The van der Waals surface area contributed by atoms with Gasteiger partial charge in [0.15, 0.2) is 6.61 Å². The molecule has 2 N–H and O–H groups in total. The van der Waals surface area contributed by atoms with Crippen molar-refractivity contribution >= 4 is 11.9 Å². The first-order valence-electron chi connectivity index (χ1n) is 9.67. The first-order valence-corrected chi connectivity index (χ1v) is 9.67. The summed E-state index contributed by atoms with van der Waals surface area (Å²) in [5.74, 6) is 0.294. The second-order valence-electron chi connectivity index (χ2n) is 8.63. The molecule has 140 valence electrons. The highest BCUT2D eigenvalue weighted by Crippen LogP contribution is 2.61. The quantitative estimate of drug-likeness (QED) is 0.766. The minimum atomic E-state index is -0.693. The number of hydrogen-bond donors (Lipinski definition) is 2. The van der Waals surface area contributed by atoms with Crippen molar-refractivity contribution in [3.63, 3.8) is 0 Å². The van der Waals surface area contributed by atoms with Gasteiger partial charge in [0.2, 0.25) is 0 Å². The highest BCUT2D eigenvalue weighted by atomic mass is 16.5. The molecule has 2 unspecified atom stereocenters. The molecule has 4 aliphatic rings. The van der Waals surface area contributed by atoms with Crippen molar-refractivity contribution in [1.82, 2.24) is 5.32 Å². The molecule has 5 rings (SSSR count). The number of aliphatic hydroxyl groups is 1. The van der Waals surface area contributed by atoms with Crippen LogP contribution in [0.1, 0.15) is 44.1 Å². The van der Waals surface area contributed by atoms with Crippen LogP contribution in [0.5, 0.6) is 0 Å². The van der Waals surface area contributed by atoms with Crippen molar-refractivity contribution in [2.75, 3.05) is 13.2 Å². The third-order valence-electron chi connectivity index (χ3n) is 6.38. The topological polar surface area (TPSA) is 75.6 Å². The first kappa shape index (κ1) is 17.5. The smallest absolute Gasteiger partial charge is 0.312 e. The normalized spacial score (nSPS) is 34.5. The Morgan fingerprint density at radius 3 is 2.46 bits per heavy atom. The van der Waals surface area contributed by atoms with Gasteiger partial charge in [0.25, 0.3) is 5.91 Å². The molecule has 4 aliphatic carbocycles. The van der Waals surface area contributed by atoms with Gasteiger partial charge in [0.1, 0.15) is 0 Å². The van der Waals surface area contributed by atoms with Crippen molar-refractivity contribution in [3.05, 3.63) is 35.9 Å². The molecule has 1 amide bonds. The molecule has 5 nitrogen and oxygen atoms in total. The fourth-order valence-electron chi connectivity index (χ4n) is 5.78. The number of benzene rings is 1. The third kappa shape index (κ3) is 3.50. The Morgan fingerprint density at radius 2 is 1.81 bits per heavy atom. The van der Waals surface area contributed by atoms with Crippen LogP contribution in [0.2, 0.25) is 0 Å². The summed E-state index contributed by atoms with van der Waals surface area (Å²) < 4.78 is 5.37. The molecule has 1 aromatic rings. The van der Waals surface area contributed by atoms with E-state index in [1.807, 2.05) is 30.3 Å². The van der Waals surface area contributed by atoms with Gasteiger partial charge >= 0.3 is 5.97 Å². The summed E-state index contributed by atoms with van der Waals surface area (Å²) in [6.07, 6.45) is 5.62. The zero-order valence-corrected chi connectivity index (χ0v) is 15.1. The summed E-state index contributed by atoms with van der Waals surface area (Å²) in [5, 5.41) is 13.5. The maximum atomic E-state index is 12.7. The maximum absolute atomic E-state index is 12.7. The van der Waals surface area contributed by atoms with Gasteiger partial charge in [-0.1, -0.05) is 30.3 Å². The predicted octanol–water partition coefficient (Wildman–Crippen LogP) is 2.22. The van der Waals surface area contributed by atoms with Crippen molar-refractivity contribution in [1.29, 1.82) is 0 Å². The van der Waals surface area contributed by atoms with Crippen molar-refractivity contribution in [2.24, 2.45) is 17.3 Å². The number of amides is 1. The highest BCUT2D eigenvalue weighted by molar-refractivity contribution is 5.83. The lowest BCUT2D eigenvalue weighted by atomic mass is 9.48. The minimum absolute atomic E-state index is 0.233. The van der Waals surface area contributed by atoms with Gasteiger partial charge in [-0.2, -0.15) is 0 Å². The number of esters is 1. The molecule has 0 spiro atoms. The Labute approximate surface area is 154 Å². The van der Waals surface area contributed by atoms with Gasteiger partial charge in [-0.05, 0) is 62.3 Å². The van der Waals surface area contributed by atoms with E-state index in [4.69, 9.17) is 4.74 Å². The molecule has 0 radical (unpaired) electrons. The Balaban J connectivity index is 1.25. The molecule has 4 atom stereocenters. The third-order valence-corrected chi connectivity index (χ3v) is 6.38. The van der Waals surface area contributed by atoms with E-state index in [9.17, 15) is 14.7 Å². The lowest BCUT2D eigenvalue weighted by Crippen LogP contribution is -2.58. The number of nitrogens with one attached hydrogen (secondary N) is 1. The summed E-state index contributed by atoms with van der Waals surface area (Å²) in [5.41, 5.74) is -0.101. The van der Waals surface area contributed by atoms with Crippen molar-refractivity contribution in [3.8, 4) is 0 Å². The molecule has 1 aromatic carbocycles. The molecule has 0 saturated heterocycles. The van der Waals surface area contributed by atoms with E-state index in [1.54, 1.807) is 0 Å². The summed E-state index contributed by atoms with van der Waals surface area (Å²) in [6, 6.07) is 9.94.